The molecular weight excluding hydrogens is 711 g/mol. The average Bonchev–Trinajstić information content (AvgIpc) is 3.13. The van der Waals surface area contributed by atoms with Crippen LogP contribution in [0.3, 0.4) is 0 Å². The van der Waals surface area contributed by atoms with Gasteiger partial charge in [0.1, 0.15) is 11.6 Å². The van der Waals surface area contributed by atoms with Crippen LogP contribution in [0.4, 0.5) is 31.5 Å². The van der Waals surface area contributed by atoms with Crippen molar-refractivity contribution in [2.75, 3.05) is 20.1 Å². The summed E-state index contributed by atoms with van der Waals surface area (Å²) in [5.41, 5.74) is 3.85. The number of hydrogen-bond acceptors (Lipinski definition) is 6. The van der Waals surface area contributed by atoms with E-state index in [-0.39, 0.29) is 21.2 Å². The van der Waals surface area contributed by atoms with Crippen LogP contribution in [0, 0.1) is 11.6 Å². The molecule has 6 aromatic carbocycles. The lowest BCUT2D eigenvalue weighted by molar-refractivity contribution is 0.101. The molecule has 0 aliphatic rings. The smallest absolute Gasteiger partial charge is 0.261 e. The van der Waals surface area contributed by atoms with Crippen molar-refractivity contribution in [3.05, 3.63) is 168 Å². The van der Waals surface area contributed by atoms with Gasteiger partial charge in [0.25, 0.3) is 31.9 Å². The molecule has 0 saturated carbocycles. The first kappa shape index (κ1) is 35.4. The van der Waals surface area contributed by atoms with Crippen LogP contribution in [-0.2, 0) is 20.0 Å². The third-order valence-corrected chi connectivity index (χ3v) is 10.5. The lowest BCUT2D eigenvalue weighted by Crippen LogP contribution is -2.14. The Hall–Kier alpha value is -6.38. The van der Waals surface area contributed by atoms with Crippen LogP contribution in [0.5, 0.6) is 0 Å². The minimum Gasteiger partial charge on any atom is -0.322 e. The number of carbonyl (C=O) groups excluding carboxylic acids is 2. The van der Waals surface area contributed by atoms with Crippen molar-refractivity contribution in [2.24, 2.45) is 0 Å². The van der Waals surface area contributed by atoms with Crippen molar-refractivity contribution < 1.29 is 35.2 Å². The Morgan fingerprint density at radius 3 is 0.981 bits per heavy atom. The highest BCUT2D eigenvalue weighted by atomic mass is 32.2. The van der Waals surface area contributed by atoms with Gasteiger partial charge >= 0.3 is 0 Å². The van der Waals surface area contributed by atoms with Gasteiger partial charge in [0.05, 0.1) is 9.79 Å². The lowest BCUT2D eigenvalue weighted by atomic mass is 10.0. The Labute approximate surface area is 298 Å². The molecule has 6 aromatic rings. The van der Waals surface area contributed by atoms with Crippen LogP contribution in [0.2, 0.25) is 0 Å². The Morgan fingerprint density at radius 2 is 0.673 bits per heavy atom. The van der Waals surface area contributed by atoms with Crippen LogP contribution in [-0.4, -0.2) is 28.6 Å². The highest BCUT2D eigenvalue weighted by Crippen LogP contribution is 2.25. The van der Waals surface area contributed by atoms with Gasteiger partial charge in [0, 0.05) is 33.9 Å². The van der Waals surface area contributed by atoms with E-state index in [1.807, 2.05) is 24.3 Å². The predicted molar refractivity (Wildman–Crippen MR) is 195 cm³/mol. The molecule has 0 atom stereocenters. The Bertz CT molecular complexity index is 2270. The zero-order valence-corrected chi connectivity index (χ0v) is 28.5. The first-order chi connectivity index (χ1) is 24.8. The van der Waals surface area contributed by atoms with E-state index in [1.54, 1.807) is 24.3 Å². The molecule has 0 heterocycles. The van der Waals surface area contributed by atoms with E-state index >= 15 is 0 Å². The van der Waals surface area contributed by atoms with Gasteiger partial charge in [0.2, 0.25) is 0 Å². The molecule has 4 N–H and O–H groups in total. The standard InChI is InChI=1S/C38H28F2N4O6S2/c39-29-9-21-35(22-10-29)51(47,48)43-33-17-5-27(6-18-33)37(45)41-31-13-1-25(2-14-31)26-3-15-32(16-4-26)42-38(46)28-7-19-34(20-8-28)44-52(49,50)36-23-11-30(40)12-24-36/h1-24,43-44H,(H,41,45)(H,42,46). The van der Waals surface area contributed by atoms with Crippen molar-refractivity contribution in [1.82, 2.24) is 0 Å². The zero-order valence-electron chi connectivity index (χ0n) is 26.9. The van der Waals surface area contributed by atoms with Gasteiger partial charge in [0.15, 0.2) is 0 Å². The van der Waals surface area contributed by atoms with Gasteiger partial charge < -0.3 is 10.6 Å². The van der Waals surface area contributed by atoms with Crippen LogP contribution in [0.25, 0.3) is 11.1 Å². The monoisotopic (exact) mass is 738 g/mol. The van der Waals surface area contributed by atoms with Gasteiger partial charge in [-0.3, -0.25) is 19.0 Å². The summed E-state index contributed by atoms with van der Waals surface area (Å²) in [5.74, 6) is -1.91. The quantitative estimate of drug-likeness (QED) is 0.107. The molecular formula is C38H28F2N4O6S2. The fraction of sp³-hybridized carbons (Fsp3) is 0. The molecule has 0 unspecified atom stereocenters. The second-order valence-corrected chi connectivity index (χ2v) is 14.7. The average molecular weight is 739 g/mol. The topological polar surface area (TPSA) is 151 Å². The molecule has 0 bridgehead atoms. The summed E-state index contributed by atoms with van der Waals surface area (Å²) < 4.78 is 81.3. The van der Waals surface area contributed by atoms with E-state index in [2.05, 4.69) is 20.1 Å². The van der Waals surface area contributed by atoms with E-state index in [9.17, 15) is 35.2 Å². The van der Waals surface area contributed by atoms with Gasteiger partial charge in [-0.1, -0.05) is 24.3 Å². The molecule has 14 heteroatoms. The third kappa shape index (κ3) is 8.67. The predicted octanol–water partition coefficient (Wildman–Crippen LogP) is 7.74. The summed E-state index contributed by atoms with van der Waals surface area (Å²) in [6.07, 6.45) is 0. The second kappa shape index (κ2) is 14.8. The maximum absolute atomic E-state index is 13.2. The molecule has 0 fully saturated rings. The minimum absolute atomic E-state index is 0.0983. The van der Waals surface area contributed by atoms with Crippen molar-refractivity contribution in [3.8, 4) is 11.1 Å². The molecule has 0 spiro atoms. The molecule has 0 radical (unpaired) electrons. The van der Waals surface area contributed by atoms with Gasteiger partial charge in [-0.25, -0.2) is 25.6 Å². The van der Waals surface area contributed by atoms with E-state index in [1.165, 1.54) is 48.5 Å². The molecule has 2 amide bonds. The maximum atomic E-state index is 13.2. The fourth-order valence-corrected chi connectivity index (χ4v) is 7.05. The van der Waals surface area contributed by atoms with Crippen molar-refractivity contribution in [1.29, 1.82) is 0 Å². The first-order valence-electron chi connectivity index (χ1n) is 15.4. The highest BCUT2D eigenvalue weighted by molar-refractivity contribution is 7.93. The number of nitrogens with one attached hydrogen (secondary N) is 4. The normalized spacial score (nSPS) is 11.3. The Balaban J connectivity index is 1.01. The molecule has 6 rings (SSSR count). The maximum Gasteiger partial charge on any atom is 0.261 e. The number of hydrogen-bond donors (Lipinski definition) is 4. The SMILES string of the molecule is O=C(Nc1ccc(-c2ccc(NC(=O)c3ccc(NS(=O)(=O)c4ccc(F)cc4)cc3)cc2)cc1)c1ccc(NS(=O)(=O)c2ccc(F)cc2)cc1. The van der Waals surface area contributed by atoms with Crippen molar-refractivity contribution in [3.63, 3.8) is 0 Å². The van der Waals surface area contributed by atoms with E-state index in [0.29, 0.717) is 22.5 Å². The number of benzene rings is 6. The number of halogens is 2. The molecule has 0 aliphatic carbocycles. The Morgan fingerprint density at radius 1 is 0.385 bits per heavy atom. The summed E-state index contributed by atoms with van der Waals surface area (Å²) >= 11 is 0. The Kier molecular flexibility index (Phi) is 10.1. The lowest BCUT2D eigenvalue weighted by Gasteiger charge is -2.10. The minimum atomic E-state index is -3.93. The largest absolute Gasteiger partial charge is 0.322 e. The fourth-order valence-electron chi connectivity index (χ4n) is 4.93. The number of carbonyl (C=O) groups is 2. The number of amides is 2. The second-order valence-electron chi connectivity index (χ2n) is 11.3. The number of rotatable bonds is 11. The van der Waals surface area contributed by atoms with Crippen LogP contribution < -0.4 is 20.1 Å². The first-order valence-corrected chi connectivity index (χ1v) is 18.4. The molecule has 10 nitrogen and oxygen atoms in total. The van der Waals surface area contributed by atoms with E-state index in [4.69, 9.17) is 0 Å². The molecule has 262 valence electrons. The summed E-state index contributed by atoms with van der Waals surface area (Å²) in [7, 11) is -7.87. The highest BCUT2D eigenvalue weighted by Gasteiger charge is 2.16. The molecule has 0 saturated heterocycles. The number of sulfonamides is 2. The number of anilines is 4. The third-order valence-electron chi connectivity index (χ3n) is 7.67. The molecule has 52 heavy (non-hydrogen) atoms. The van der Waals surface area contributed by atoms with Crippen LogP contribution in [0.1, 0.15) is 20.7 Å². The van der Waals surface area contributed by atoms with E-state index in [0.717, 1.165) is 59.7 Å². The molecule has 0 aromatic heterocycles. The van der Waals surface area contributed by atoms with Crippen molar-refractivity contribution in [2.45, 2.75) is 9.79 Å². The van der Waals surface area contributed by atoms with Gasteiger partial charge in [-0.2, -0.15) is 0 Å². The summed E-state index contributed by atoms with van der Waals surface area (Å²) in [5, 5.41) is 5.60. The summed E-state index contributed by atoms with van der Waals surface area (Å²) in [6, 6.07) is 34.8. The van der Waals surface area contributed by atoms with Gasteiger partial charge in [-0.05, 0) is 132 Å². The van der Waals surface area contributed by atoms with Crippen LogP contribution >= 0.6 is 0 Å². The summed E-state index contributed by atoms with van der Waals surface area (Å²) in [4.78, 5) is 25.5. The summed E-state index contributed by atoms with van der Waals surface area (Å²) in [6.45, 7) is 0. The van der Waals surface area contributed by atoms with Crippen molar-refractivity contribution >= 4 is 54.6 Å². The van der Waals surface area contributed by atoms with Gasteiger partial charge in [-0.15, -0.1) is 0 Å². The van der Waals surface area contributed by atoms with E-state index < -0.39 is 43.5 Å². The zero-order chi connectivity index (χ0) is 36.9. The molecule has 0 aliphatic heterocycles. The van der Waals surface area contributed by atoms with Crippen LogP contribution in [0.15, 0.2) is 155 Å².